The highest BCUT2D eigenvalue weighted by Gasteiger charge is 2.62. The molecule has 4 aliphatic rings. The Balaban J connectivity index is 1.71. The Morgan fingerprint density at radius 3 is 2.60 bits per heavy atom. The fraction of sp³-hybridized carbons (Fsp3) is 0.762. The summed E-state index contributed by atoms with van der Waals surface area (Å²) >= 11 is 0. The van der Waals surface area contributed by atoms with Gasteiger partial charge in [0.05, 0.1) is 0 Å². The number of rotatable bonds is 1. The van der Waals surface area contributed by atoms with Gasteiger partial charge in [0.25, 0.3) is 0 Å². The first-order chi connectivity index (χ1) is 11.8. The molecule has 0 aromatic heterocycles. The Kier molecular flexibility index (Phi) is 3.75. The smallest absolute Gasteiger partial charge is 0.302 e. The van der Waals surface area contributed by atoms with Crippen LogP contribution in [0.5, 0.6) is 0 Å². The summed E-state index contributed by atoms with van der Waals surface area (Å²) in [5, 5.41) is 0. The predicted molar refractivity (Wildman–Crippen MR) is 92.7 cm³/mol. The van der Waals surface area contributed by atoms with Gasteiger partial charge in [0.15, 0.2) is 5.78 Å². The second kappa shape index (κ2) is 5.52. The summed E-state index contributed by atoms with van der Waals surface area (Å²) in [5.41, 5.74) is 1.05. The van der Waals surface area contributed by atoms with Crippen LogP contribution in [0.4, 0.5) is 0 Å². The second-order valence-electron chi connectivity index (χ2n) is 9.12. The monoisotopic (exact) mass is 344 g/mol. The summed E-state index contributed by atoms with van der Waals surface area (Å²) < 4.78 is 5.62. The summed E-state index contributed by atoms with van der Waals surface area (Å²) in [6.45, 7) is 5.86. The molecule has 0 bridgehead atoms. The van der Waals surface area contributed by atoms with Gasteiger partial charge in [-0.25, -0.2) is 0 Å². The van der Waals surface area contributed by atoms with Gasteiger partial charge >= 0.3 is 5.97 Å². The molecule has 6 atom stereocenters. The fourth-order valence-corrected chi connectivity index (χ4v) is 6.69. The first-order valence-corrected chi connectivity index (χ1v) is 9.70. The third-order valence-electron chi connectivity index (χ3n) is 7.95. The number of esters is 1. The highest BCUT2D eigenvalue weighted by Crippen LogP contribution is 2.64. The number of fused-ring (bicyclic) bond motifs is 5. The number of allylic oxidation sites excluding steroid dienone is 1. The van der Waals surface area contributed by atoms with Crippen molar-refractivity contribution < 1.29 is 19.1 Å². The van der Waals surface area contributed by atoms with Crippen LogP contribution in [-0.4, -0.2) is 23.6 Å². The van der Waals surface area contributed by atoms with Gasteiger partial charge in [0, 0.05) is 31.1 Å². The summed E-state index contributed by atoms with van der Waals surface area (Å²) in [4.78, 5) is 36.2. The van der Waals surface area contributed by atoms with E-state index in [4.69, 9.17) is 4.74 Å². The molecular weight excluding hydrogens is 316 g/mol. The normalized spacial score (nSPS) is 46.0. The van der Waals surface area contributed by atoms with Crippen molar-refractivity contribution in [2.45, 2.75) is 71.8 Å². The number of carbonyl (C=O) groups excluding carboxylic acids is 3. The fourth-order valence-electron chi connectivity index (χ4n) is 6.69. The summed E-state index contributed by atoms with van der Waals surface area (Å²) in [5.74, 6) is 1.29. The highest BCUT2D eigenvalue weighted by atomic mass is 16.5. The van der Waals surface area contributed by atoms with E-state index in [2.05, 4.69) is 13.8 Å². The lowest BCUT2D eigenvalue weighted by Gasteiger charge is -2.57. The van der Waals surface area contributed by atoms with E-state index in [-0.39, 0.29) is 40.4 Å². The molecule has 4 rings (SSSR count). The van der Waals surface area contributed by atoms with Crippen molar-refractivity contribution in [2.24, 2.45) is 28.6 Å². The maximum absolute atomic E-state index is 12.8. The molecule has 0 heterocycles. The average Bonchev–Trinajstić information content (AvgIpc) is 2.78. The minimum Gasteiger partial charge on any atom is -0.462 e. The molecule has 6 unspecified atom stereocenters. The van der Waals surface area contributed by atoms with Crippen molar-refractivity contribution in [1.29, 1.82) is 0 Å². The van der Waals surface area contributed by atoms with Crippen LogP contribution in [0.1, 0.15) is 65.7 Å². The lowest BCUT2D eigenvalue weighted by molar-refractivity contribution is -0.155. The zero-order valence-electron chi connectivity index (χ0n) is 15.5. The molecule has 0 aliphatic heterocycles. The van der Waals surface area contributed by atoms with Crippen LogP contribution in [0.2, 0.25) is 0 Å². The Morgan fingerprint density at radius 1 is 1.12 bits per heavy atom. The van der Waals surface area contributed by atoms with E-state index in [0.717, 1.165) is 32.1 Å². The molecule has 0 aromatic rings. The van der Waals surface area contributed by atoms with E-state index in [0.29, 0.717) is 24.7 Å². The Labute approximate surface area is 149 Å². The molecule has 0 spiro atoms. The molecule has 25 heavy (non-hydrogen) atoms. The second-order valence-corrected chi connectivity index (χ2v) is 9.12. The van der Waals surface area contributed by atoms with Crippen LogP contribution >= 0.6 is 0 Å². The zero-order valence-corrected chi connectivity index (χ0v) is 15.5. The SMILES string of the molecule is CC(=O)OC1CC(=O)C2(C)CCC3C(CCC4=CC(=O)CCC43C)C12. The van der Waals surface area contributed by atoms with Crippen LogP contribution in [0.3, 0.4) is 0 Å². The van der Waals surface area contributed by atoms with E-state index in [9.17, 15) is 14.4 Å². The van der Waals surface area contributed by atoms with Gasteiger partial charge in [-0.15, -0.1) is 0 Å². The lowest BCUT2D eigenvalue weighted by Crippen LogP contribution is -2.52. The van der Waals surface area contributed by atoms with Gasteiger partial charge in [-0.05, 0) is 55.4 Å². The maximum atomic E-state index is 12.8. The van der Waals surface area contributed by atoms with E-state index in [1.807, 2.05) is 6.08 Å². The van der Waals surface area contributed by atoms with Crippen LogP contribution < -0.4 is 0 Å². The van der Waals surface area contributed by atoms with Crippen molar-refractivity contribution in [2.75, 3.05) is 0 Å². The molecule has 136 valence electrons. The van der Waals surface area contributed by atoms with Crippen LogP contribution in [0, 0.1) is 28.6 Å². The van der Waals surface area contributed by atoms with Crippen LogP contribution in [-0.2, 0) is 19.1 Å². The third-order valence-corrected chi connectivity index (χ3v) is 7.95. The predicted octanol–water partition coefficient (Wildman–Crippen LogP) is 3.63. The van der Waals surface area contributed by atoms with E-state index < -0.39 is 0 Å². The summed E-state index contributed by atoms with van der Waals surface area (Å²) in [7, 11) is 0. The average molecular weight is 344 g/mol. The van der Waals surface area contributed by atoms with Crippen molar-refractivity contribution >= 4 is 17.5 Å². The minimum absolute atomic E-state index is 0.0740. The molecule has 4 nitrogen and oxygen atoms in total. The van der Waals surface area contributed by atoms with E-state index >= 15 is 0 Å². The lowest BCUT2D eigenvalue weighted by atomic mass is 9.47. The highest BCUT2D eigenvalue weighted by molar-refractivity contribution is 5.92. The first-order valence-electron chi connectivity index (χ1n) is 9.70. The molecule has 0 radical (unpaired) electrons. The number of carbonyl (C=O) groups is 3. The molecule has 4 heteroatoms. The van der Waals surface area contributed by atoms with Crippen molar-refractivity contribution in [3.05, 3.63) is 11.6 Å². The van der Waals surface area contributed by atoms with Gasteiger partial charge in [-0.2, -0.15) is 0 Å². The quantitative estimate of drug-likeness (QED) is 0.682. The Hall–Kier alpha value is -1.45. The molecule has 0 amide bonds. The summed E-state index contributed by atoms with van der Waals surface area (Å²) in [6, 6.07) is 0. The number of hydrogen-bond acceptors (Lipinski definition) is 4. The number of hydrogen-bond donors (Lipinski definition) is 0. The molecule has 3 saturated carbocycles. The molecular formula is C21H28O4. The van der Waals surface area contributed by atoms with Gasteiger partial charge < -0.3 is 4.74 Å². The van der Waals surface area contributed by atoms with Gasteiger partial charge in [-0.1, -0.05) is 19.4 Å². The Morgan fingerprint density at radius 2 is 1.88 bits per heavy atom. The van der Waals surface area contributed by atoms with Gasteiger partial charge in [-0.3, -0.25) is 14.4 Å². The van der Waals surface area contributed by atoms with E-state index in [1.54, 1.807) is 0 Å². The molecule has 3 fully saturated rings. The molecule has 0 N–H and O–H groups in total. The first kappa shape index (κ1) is 17.0. The number of ether oxygens (including phenoxy) is 1. The van der Waals surface area contributed by atoms with E-state index in [1.165, 1.54) is 12.5 Å². The topological polar surface area (TPSA) is 60.4 Å². The Bertz CT molecular complexity index is 677. The van der Waals surface area contributed by atoms with Gasteiger partial charge in [0.2, 0.25) is 0 Å². The maximum Gasteiger partial charge on any atom is 0.302 e. The van der Waals surface area contributed by atoms with Crippen LogP contribution in [0.15, 0.2) is 11.6 Å². The van der Waals surface area contributed by atoms with Gasteiger partial charge in [0.1, 0.15) is 11.9 Å². The summed E-state index contributed by atoms with van der Waals surface area (Å²) in [6.07, 6.45) is 7.44. The molecule has 4 aliphatic carbocycles. The third kappa shape index (κ3) is 2.36. The van der Waals surface area contributed by atoms with Crippen molar-refractivity contribution in [3.8, 4) is 0 Å². The number of ketones is 2. The largest absolute Gasteiger partial charge is 0.462 e. The zero-order chi connectivity index (χ0) is 18.0. The molecule has 0 aromatic carbocycles. The number of Topliss-reactive ketones (excluding diaryl/α,β-unsaturated/α-hetero) is 1. The minimum atomic E-state index is -0.344. The standard InChI is InChI=1S/C21H28O4/c1-12(22)25-17-11-18(24)21(3)9-7-16-15(19(17)21)5-4-13-10-14(23)6-8-20(13,16)2/h10,15-17,19H,4-9,11H2,1-3H3. The van der Waals surface area contributed by atoms with Crippen molar-refractivity contribution in [3.63, 3.8) is 0 Å². The molecule has 0 saturated heterocycles. The van der Waals surface area contributed by atoms with Crippen LogP contribution in [0.25, 0.3) is 0 Å². The van der Waals surface area contributed by atoms with Crippen molar-refractivity contribution in [1.82, 2.24) is 0 Å².